The predicted octanol–water partition coefficient (Wildman–Crippen LogP) is 1.94. The van der Waals surface area contributed by atoms with Crippen LogP contribution in [0, 0.1) is 19.7 Å². The summed E-state index contributed by atoms with van der Waals surface area (Å²) in [5.74, 6) is -1.17. The zero-order valence-corrected chi connectivity index (χ0v) is 10.5. The van der Waals surface area contributed by atoms with Crippen molar-refractivity contribution in [3.05, 3.63) is 61.1 Å². The number of hydrogen-bond acceptors (Lipinski definition) is 2. The Morgan fingerprint density at radius 2 is 1.94 bits per heavy atom. The maximum absolute atomic E-state index is 13.4. The van der Waals surface area contributed by atoms with Gasteiger partial charge in [-0.1, -0.05) is 29.3 Å². The summed E-state index contributed by atoms with van der Waals surface area (Å²) in [6.45, 7) is 3.62. The average Bonchev–Trinajstić information content (AvgIpc) is 2.29. The number of halogens is 2. The predicted molar refractivity (Wildman–Crippen MR) is 67.1 cm³/mol. The van der Waals surface area contributed by atoms with Crippen LogP contribution in [-0.2, 0) is 0 Å². The van der Waals surface area contributed by atoms with E-state index >= 15 is 0 Å². The van der Waals surface area contributed by atoms with Gasteiger partial charge in [-0.15, -0.1) is 0 Å². The second kappa shape index (κ2) is 4.42. The lowest BCUT2D eigenvalue weighted by molar-refractivity contribution is 0.584. The molecule has 1 N–H and O–H groups in total. The molecular formula is C12H10ClFN2O2. The third-order valence-corrected chi connectivity index (χ3v) is 2.86. The molecule has 4 nitrogen and oxygen atoms in total. The Kier molecular flexibility index (Phi) is 3.09. The molecule has 1 heterocycles. The van der Waals surface area contributed by atoms with Crippen LogP contribution in [0.1, 0.15) is 11.1 Å². The molecule has 1 aromatic carbocycles. The molecule has 0 atom stereocenters. The van der Waals surface area contributed by atoms with Gasteiger partial charge in [-0.2, -0.15) is 4.39 Å². The Bertz CT molecular complexity index is 734. The minimum atomic E-state index is -1.17. The van der Waals surface area contributed by atoms with Gasteiger partial charge in [-0.25, -0.2) is 9.36 Å². The van der Waals surface area contributed by atoms with Crippen molar-refractivity contribution >= 4 is 11.6 Å². The lowest BCUT2D eigenvalue weighted by atomic mass is 10.1. The number of H-pyrrole nitrogens is 1. The lowest BCUT2D eigenvalue weighted by Crippen LogP contribution is -2.36. The third kappa shape index (κ3) is 1.97. The molecule has 0 spiro atoms. The highest BCUT2D eigenvalue weighted by Gasteiger charge is 2.14. The zero-order chi connectivity index (χ0) is 13.4. The van der Waals surface area contributed by atoms with Crippen LogP contribution in [-0.4, -0.2) is 9.55 Å². The number of nitrogens with one attached hydrogen (secondary N) is 1. The van der Waals surface area contributed by atoms with Gasteiger partial charge >= 0.3 is 5.69 Å². The van der Waals surface area contributed by atoms with Crippen LogP contribution in [0.5, 0.6) is 0 Å². The SMILES string of the molecule is Cc1ccc(-n2c(=O)[nH]c(Cl)c(F)c2=O)c(C)c1. The van der Waals surface area contributed by atoms with Crippen LogP contribution in [0.2, 0.25) is 5.15 Å². The average molecular weight is 269 g/mol. The largest absolute Gasteiger partial charge is 0.334 e. The topological polar surface area (TPSA) is 54.9 Å². The van der Waals surface area contributed by atoms with Gasteiger partial charge in [0.15, 0.2) is 5.15 Å². The molecule has 6 heteroatoms. The molecular weight excluding hydrogens is 259 g/mol. The van der Waals surface area contributed by atoms with Crippen LogP contribution in [0.15, 0.2) is 27.8 Å². The van der Waals surface area contributed by atoms with E-state index in [-0.39, 0.29) is 0 Å². The van der Waals surface area contributed by atoms with Crippen molar-refractivity contribution in [2.75, 3.05) is 0 Å². The fraction of sp³-hybridized carbons (Fsp3) is 0.167. The Labute approximate surface area is 107 Å². The van der Waals surface area contributed by atoms with Gasteiger partial charge in [-0.05, 0) is 25.5 Å². The minimum Gasteiger partial charge on any atom is -0.295 e. The van der Waals surface area contributed by atoms with Crippen molar-refractivity contribution in [3.63, 3.8) is 0 Å². The van der Waals surface area contributed by atoms with E-state index in [4.69, 9.17) is 11.6 Å². The van der Waals surface area contributed by atoms with Crippen molar-refractivity contribution in [1.82, 2.24) is 9.55 Å². The molecule has 0 bridgehead atoms. The first kappa shape index (κ1) is 12.6. The molecule has 0 saturated carbocycles. The van der Waals surface area contributed by atoms with Gasteiger partial charge in [0.2, 0.25) is 5.82 Å². The zero-order valence-electron chi connectivity index (χ0n) is 9.75. The fourth-order valence-corrected chi connectivity index (χ4v) is 1.93. The van der Waals surface area contributed by atoms with E-state index in [1.165, 1.54) is 0 Å². The second-order valence-electron chi connectivity index (χ2n) is 3.99. The summed E-state index contributed by atoms with van der Waals surface area (Å²) in [6, 6.07) is 5.13. The number of benzene rings is 1. The molecule has 0 aliphatic carbocycles. The molecule has 0 unspecified atom stereocenters. The molecule has 0 fully saturated rings. The summed E-state index contributed by atoms with van der Waals surface area (Å²) in [6.07, 6.45) is 0. The van der Waals surface area contributed by atoms with Crippen LogP contribution in [0.4, 0.5) is 4.39 Å². The van der Waals surface area contributed by atoms with Crippen molar-refractivity contribution in [2.24, 2.45) is 0 Å². The van der Waals surface area contributed by atoms with E-state index < -0.39 is 22.2 Å². The van der Waals surface area contributed by atoms with Gasteiger partial charge in [0.1, 0.15) is 0 Å². The molecule has 94 valence electrons. The summed E-state index contributed by atoms with van der Waals surface area (Å²) in [5, 5.41) is -0.578. The molecule has 0 aliphatic heterocycles. The van der Waals surface area contributed by atoms with E-state index in [1.54, 1.807) is 25.1 Å². The first-order valence-electron chi connectivity index (χ1n) is 5.20. The van der Waals surface area contributed by atoms with Crippen molar-refractivity contribution in [1.29, 1.82) is 0 Å². The molecule has 2 aromatic rings. The summed E-state index contributed by atoms with van der Waals surface area (Å²) >= 11 is 5.40. The quantitative estimate of drug-likeness (QED) is 0.804. The highest BCUT2D eigenvalue weighted by molar-refractivity contribution is 6.29. The van der Waals surface area contributed by atoms with E-state index in [0.29, 0.717) is 11.3 Å². The van der Waals surface area contributed by atoms with Gasteiger partial charge in [0, 0.05) is 0 Å². The maximum Gasteiger partial charge on any atom is 0.334 e. The lowest BCUT2D eigenvalue weighted by Gasteiger charge is -2.09. The number of aromatic nitrogens is 2. The Hall–Kier alpha value is -1.88. The number of nitrogens with zero attached hydrogens (tertiary/aromatic N) is 1. The van der Waals surface area contributed by atoms with Crippen molar-refractivity contribution in [2.45, 2.75) is 13.8 Å². The van der Waals surface area contributed by atoms with E-state index in [0.717, 1.165) is 10.1 Å². The molecule has 1 aromatic heterocycles. The van der Waals surface area contributed by atoms with Gasteiger partial charge in [0.05, 0.1) is 5.69 Å². The van der Waals surface area contributed by atoms with E-state index in [2.05, 4.69) is 4.98 Å². The number of hydrogen-bond donors (Lipinski definition) is 1. The maximum atomic E-state index is 13.4. The smallest absolute Gasteiger partial charge is 0.295 e. The molecule has 0 saturated heterocycles. The van der Waals surface area contributed by atoms with Gasteiger partial charge in [0.25, 0.3) is 5.56 Å². The summed E-state index contributed by atoms with van der Waals surface area (Å²) in [5.41, 5.74) is 0.191. The van der Waals surface area contributed by atoms with Crippen LogP contribution < -0.4 is 11.2 Å². The van der Waals surface area contributed by atoms with Gasteiger partial charge < -0.3 is 0 Å². The molecule has 2 rings (SSSR count). The normalized spacial score (nSPS) is 10.7. The molecule has 0 radical (unpaired) electrons. The van der Waals surface area contributed by atoms with E-state index in [9.17, 15) is 14.0 Å². The number of aromatic amines is 1. The van der Waals surface area contributed by atoms with Crippen LogP contribution in [0.3, 0.4) is 0 Å². The van der Waals surface area contributed by atoms with Gasteiger partial charge in [-0.3, -0.25) is 9.78 Å². The second-order valence-corrected chi connectivity index (χ2v) is 4.37. The first-order valence-corrected chi connectivity index (χ1v) is 5.57. The number of aryl methyl sites for hydroxylation is 2. The van der Waals surface area contributed by atoms with Crippen molar-refractivity contribution < 1.29 is 4.39 Å². The monoisotopic (exact) mass is 268 g/mol. The number of rotatable bonds is 1. The van der Waals surface area contributed by atoms with E-state index in [1.807, 2.05) is 6.92 Å². The summed E-state index contributed by atoms with van der Waals surface area (Å²) < 4.78 is 14.2. The Morgan fingerprint density at radius 1 is 1.28 bits per heavy atom. The summed E-state index contributed by atoms with van der Waals surface area (Å²) in [4.78, 5) is 25.5. The first-order chi connectivity index (χ1) is 8.41. The Balaban J connectivity index is 2.84. The third-order valence-electron chi connectivity index (χ3n) is 2.60. The highest BCUT2D eigenvalue weighted by Crippen LogP contribution is 2.13. The highest BCUT2D eigenvalue weighted by atomic mass is 35.5. The van der Waals surface area contributed by atoms with Crippen LogP contribution in [0.25, 0.3) is 5.69 Å². The van der Waals surface area contributed by atoms with Crippen molar-refractivity contribution in [3.8, 4) is 5.69 Å². The summed E-state index contributed by atoms with van der Waals surface area (Å²) in [7, 11) is 0. The standard InChI is InChI=1S/C12H10ClFN2O2/c1-6-3-4-8(7(2)5-6)16-11(17)9(14)10(13)15-12(16)18/h3-5H,1-2H3,(H,15,18). The minimum absolute atomic E-state index is 0.336. The molecule has 0 aliphatic rings. The molecule has 18 heavy (non-hydrogen) atoms. The fourth-order valence-electron chi connectivity index (χ4n) is 1.76. The molecule has 0 amide bonds. The Morgan fingerprint density at radius 3 is 2.56 bits per heavy atom. The van der Waals surface area contributed by atoms with Crippen LogP contribution >= 0.6 is 11.6 Å².